The number of allylic oxidation sites excluding steroid dienone is 1. The zero-order valence-corrected chi connectivity index (χ0v) is 28.0. The Bertz CT molecular complexity index is 1830. The molecule has 2 atom stereocenters. The van der Waals surface area contributed by atoms with E-state index in [1.807, 2.05) is 6.07 Å². The Morgan fingerprint density at radius 3 is 2.31 bits per heavy atom. The SMILES string of the molecule is COc1ccc(CN(C(=O)CCC(F)(F)F)C(C)c2ccc3[nH]c(C(NC(=O)OCc4ccccc4)C4CCC(=C(F)F)CC4)nc3c2F)cc1. The zero-order valence-electron chi connectivity index (χ0n) is 28.0. The summed E-state index contributed by atoms with van der Waals surface area (Å²) in [5, 5.41) is 2.80. The zero-order chi connectivity index (χ0) is 36.7. The van der Waals surface area contributed by atoms with Gasteiger partial charge < -0.3 is 24.7 Å². The molecule has 1 aromatic heterocycles. The third-order valence-corrected chi connectivity index (χ3v) is 9.17. The number of ether oxygens (including phenoxy) is 2. The van der Waals surface area contributed by atoms with Crippen molar-refractivity contribution in [2.24, 2.45) is 5.92 Å². The highest BCUT2D eigenvalue weighted by molar-refractivity contribution is 5.79. The second kappa shape index (κ2) is 16.3. The highest BCUT2D eigenvalue weighted by atomic mass is 19.4. The van der Waals surface area contributed by atoms with Crippen LogP contribution in [0.5, 0.6) is 5.75 Å². The summed E-state index contributed by atoms with van der Waals surface area (Å²) in [6.45, 7) is 1.41. The van der Waals surface area contributed by atoms with Gasteiger partial charge >= 0.3 is 12.3 Å². The van der Waals surface area contributed by atoms with Gasteiger partial charge in [0.05, 0.1) is 31.1 Å². The number of benzene rings is 3. The molecule has 1 heterocycles. The van der Waals surface area contributed by atoms with Crippen LogP contribution >= 0.6 is 0 Å². The van der Waals surface area contributed by atoms with Gasteiger partial charge in [-0.2, -0.15) is 22.0 Å². The molecular formula is C37H38F6N4O4. The average molecular weight is 717 g/mol. The fourth-order valence-electron chi connectivity index (χ4n) is 6.29. The van der Waals surface area contributed by atoms with Gasteiger partial charge in [-0.1, -0.05) is 48.5 Å². The standard InChI is InChI=1S/C37H38F6N4O4/c1-22(47(30(48)18-19-37(41,42)43)20-23-8-14-27(50-2)15-9-23)28-16-17-29-33(31(28)38)45-35(44-29)32(25-10-12-26(13-11-25)34(39)40)46-36(49)51-21-24-6-4-3-5-7-24/h3-9,14-17,22,25,32H,10-13,18-21H2,1-2H3,(H,44,45)(H,46,49). The Morgan fingerprint density at radius 2 is 1.69 bits per heavy atom. The summed E-state index contributed by atoms with van der Waals surface area (Å²) in [4.78, 5) is 35.0. The van der Waals surface area contributed by atoms with Gasteiger partial charge in [0.25, 0.3) is 6.08 Å². The van der Waals surface area contributed by atoms with Crippen molar-refractivity contribution in [1.82, 2.24) is 20.2 Å². The van der Waals surface area contributed by atoms with E-state index >= 15 is 4.39 Å². The van der Waals surface area contributed by atoms with Gasteiger partial charge in [0.15, 0.2) is 5.82 Å². The number of methoxy groups -OCH3 is 1. The highest BCUT2D eigenvalue weighted by Crippen LogP contribution is 2.39. The number of nitrogens with one attached hydrogen (secondary N) is 2. The minimum atomic E-state index is -4.56. The van der Waals surface area contributed by atoms with Gasteiger partial charge in [-0.3, -0.25) is 4.79 Å². The summed E-state index contributed by atoms with van der Waals surface area (Å²) >= 11 is 0. The minimum absolute atomic E-state index is 0.0191. The van der Waals surface area contributed by atoms with Gasteiger partial charge in [0.1, 0.15) is 23.7 Å². The lowest BCUT2D eigenvalue weighted by Crippen LogP contribution is -2.35. The molecule has 3 aromatic carbocycles. The number of carbonyl (C=O) groups is 2. The normalized spacial score (nSPS) is 16.0. The maximum atomic E-state index is 16.4. The van der Waals surface area contributed by atoms with E-state index in [1.165, 1.54) is 31.1 Å². The van der Waals surface area contributed by atoms with Gasteiger partial charge in [0.2, 0.25) is 5.91 Å². The number of H-pyrrole nitrogens is 1. The predicted octanol–water partition coefficient (Wildman–Crippen LogP) is 9.45. The summed E-state index contributed by atoms with van der Waals surface area (Å²) in [7, 11) is 1.48. The van der Waals surface area contributed by atoms with Crippen LogP contribution in [0.25, 0.3) is 11.0 Å². The molecule has 1 fully saturated rings. The van der Waals surface area contributed by atoms with Crippen molar-refractivity contribution >= 4 is 23.0 Å². The van der Waals surface area contributed by atoms with Crippen molar-refractivity contribution < 1.29 is 45.4 Å². The van der Waals surface area contributed by atoms with Gasteiger partial charge in [-0.05, 0) is 73.4 Å². The van der Waals surface area contributed by atoms with Crippen LogP contribution in [-0.4, -0.2) is 40.2 Å². The molecule has 1 aliphatic carbocycles. The molecule has 51 heavy (non-hydrogen) atoms. The number of aromatic nitrogens is 2. The fourth-order valence-corrected chi connectivity index (χ4v) is 6.29. The molecule has 2 amide bonds. The Hall–Kier alpha value is -5.01. The number of alkyl halides is 3. The lowest BCUT2D eigenvalue weighted by molar-refractivity contribution is -0.150. The van der Waals surface area contributed by atoms with Gasteiger partial charge in [-0.15, -0.1) is 0 Å². The number of fused-ring (bicyclic) bond motifs is 1. The van der Waals surface area contributed by atoms with Crippen molar-refractivity contribution in [1.29, 1.82) is 0 Å². The molecule has 0 spiro atoms. The van der Waals surface area contributed by atoms with Crippen molar-refractivity contribution in [2.75, 3.05) is 7.11 Å². The topological polar surface area (TPSA) is 96.6 Å². The summed E-state index contributed by atoms with van der Waals surface area (Å²) in [5.74, 6) is -1.23. The Labute approximate surface area is 290 Å². The molecule has 0 saturated heterocycles. The fraction of sp³-hybridized carbons (Fsp3) is 0.378. The average Bonchev–Trinajstić information content (AvgIpc) is 3.56. The van der Waals surface area contributed by atoms with E-state index in [9.17, 15) is 31.5 Å². The third-order valence-electron chi connectivity index (χ3n) is 9.17. The maximum absolute atomic E-state index is 16.4. The summed E-state index contributed by atoms with van der Waals surface area (Å²) < 4.78 is 92.9. The molecule has 4 aromatic rings. The summed E-state index contributed by atoms with van der Waals surface area (Å²) in [6, 6.07) is 16.7. The molecule has 5 rings (SSSR count). The van der Waals surface area contributed by atoms with Gasteiger partial charge in [0, 0.05) is 18.5 Å². The van der Waals surface area contributed by atoms with Crippen LogP contribution in [0.4, 0.5) is 31.1 Å². The number of alkyl carbamates (subject to hydrolysis) is 1. The molecule has 8 nitrogen and oxygen atoms in total. The Kier molecular flexibility index (Phi) is 11.9. The van der Waals surface area contributed by atoms with Gasteiger partial charge in [-0.25, -0.2) is 14.2 Å². The first-order valence-corrected chi connectivity index (χ1v) is 16.5. The smallest absolute Gasteiger partial charge is 0.408 e. The number of imidazole rings is 1. The molecule has 272 valence electrons. The van der Waals surface area contributed by atoms with E-state index in [0.29, 0.717) is 24.2 Å². The number of halogens is 6. The number of hydrogen-bond acceptors (Lipinski definition) is 5. The van der Waals surface area contributed by atoms with Crippen LogP contribution in [0.2, 0.25) is 0 Å². The summed E-state index contributed by atoms with van der Waals surface area (Å²) in [6.07, 6.45) is -8.36. The van der Waals surface area contributed by atoms with E-state index < -0.39 is 55.0 Å². The van der Waals surface area contributed by atoms with Crippen LogP contribution in [-0.2, 0) is 22.7 Å². The van der Waals surface area contributed by atoms with E-state index in [4.69, 9.17) is 9.47 Å². The number of nitrogens with zero attached hydrogens (tertiary/aromatic N) is 2. The Morgan fingerprint density at radius 1 is 1.00 bits per heavy atom. The van der Waals surface area contributed by atoms with Crippen molar-refractivity contribution in [2.45, 2.75) is 76.9 Å². The molecular weight excluding hydrogens is 678 g/mol. The molecule has 0 radical (unpaired) electrons. The number of aromatic amines is 1. The quantitative estimate of drug-likeness (QED) is 0.143. The summed E-state index contributed by atoms with van der Waals surface area (Å²) in [5.41, 5.74) is 1.57. The van der Waals surface area contributed by atoms with Crippen LogP contribution in [0.15, 0.2) is 78.4 Å². The second-order valence-electron chi connectivity index (χ2n) is 12.5. The van der Waals surface area contributed by atoms with Crippen LogP contribution in [0.1, 0.15) is 80.0 Å². The third kappa shape index (κ3) is 9.62. The highest BCUT2D eigenvalue weighted by Gasteiger charge is 2.34. The molecule has 1 saturated carbocycles. The van der Waals surface area contributed by atoms with Crippen LogP contribution in [0.3, 0.4) is 0 Å². The Balaban J connectivity index is 1.43. The molecule has 1 aliphatic rings. The number of rotatable bonds is 12. The molecule has 2 N–H and O–H groups in total. The van der Waals surface area contributed by atoms with E-state index in [-0.39, 0.29) is 59.9 Å². The van der Waals surface area contributed by atoms with E-state index in [2.05, 4.69) is 15.3 Å². The van der Waals surface area contributed by atoms with E-state index in [0.717, 1.165) is 5.56 Å². The second-order valence-corrected chi connectivity index (χ2v) is 12.5. The monoisotopic (exact) mass is 716 g/mol. The number of amides is 2. The lowest BCUT2D eigenvalue weighted by atomic mass is 9.81. The van der Waals surface area contributed by atoms with E-state index in [1.54, 1.807) is 48.5 Å². The van der Waals surface area contributed by atoms with Crippen molar-refractivity contribution in [3.05, 3.63) is 107 Å². The molecule has 0 aliphatic heterocycles. The first kappa shape index (κ1) is 37.3. The predicted molar refractivity (Wildman–Crippen MR) is 177 cm³/mol. The maximum Gasteiger partial charge on any atom is 0.408 e. The molecule has 14 heteroatoms. The number of hydrogen-bond donors (Lipinski definition) is 2. The molecule has 2 unspecified atom stereocenters. The van der Waals surface area contributed by atoms with Crippen LogP contribution in [0, 0.1) is 11.7 Å². The van der Waals surface area contributed by atoms with Crippen LogP contribution < -0.4 is 10.1 Å². The lowest BCUT2D eigenvalue weighted by Gasteiger charge is -2.30. The van der Waals surface area contributed by atoms with Crippen molar-refractivity contribution in [3.63, 3.8) is 0 Å². The molecule has 0 bridgehead atoms. The first-order valence-electron chi connectivity index (χ1n) is 16.5. The largest absolute Gasteiger partial charge is 0.497 e. The minimum Gasteiger partial charge on any atom is -0.497 e. The first-order chi connectivity index (χ1) is 24.3. The number of carbonyl (C=O) groups excluding carboxylic acids is 2. The van der Waals surface area contributed by atoms with Crippen molar-refractivity contribution in [3.8, 4) is 5.75 Å².